The Morgan fingerprint density at radius 1 is 1.27 bits per heavy atom. The summed E-state index contributed by atoms with van der Waals surface area (Å²) in [6.45, 7) is 4.62. The Kier molecular flexibility index (Phi) is 4.99. The summed E-state index contributed by atoms with van der Waals surface area (Å²) in [7, 11) is -0.840. The summed E-state index contributed by atoms with van der Waals surface area (Å²) in [6, 6.07) is 9.99. The van der Waals surface area contributed by atoms with Crippen LogP contribution in [0, 0.1) is 0 Å². The fourth-order valence-electron chi connectivity index (χ4n) is 1.56. The van der Waals surface area contributed by atoms with Gasteiger partial charge in [-0.05, 0) is 25.5 Å². The fraction of sp³-hybridized carbons (Fsp3) is 0.500. The van der Waals surface area contributed by atoms with Crippen molar-refractivity contribution in [3.8, 4) is 0 Å². The fourth-order valence-corrected chi connectivity index (χ4v) is 3.05. The van der Waals surface area contributed by atoms with Crippen LogP contribution in [0.25, 0.3) is 0 Å². The minimum absolute atomic E-state index is 0.0905. The van der Waals surface area contributed by atoms with Gasteiger partial charge in [-0.3, -0.25) is 4.21 Å². The van der Waals surface area contributed by atoms with Crippen molar-refractivity contribution < 1.29 is 4.21 Å². The van der Waals surface area contributed by atoms with E-state index in [1.54, 1.807) is 0 Å². The molecule has 0 amide bonds. The van der Waals surface area contributed by atoms with Gasteiger partial charge in [0.15, 0.2) is 0 Å². The van der Waals surface area contributed by atoms with Crippen molar-refractivity contribution in [3.05, 3.63) is 35.9 Å². The molecule has 0 heterocycles. The maximum absolute atomic E-state index is 12.1. The molecule has 0 saturated carbocycles. The van der Waals surface area contributed by atoms with Crippen molar-refractivity contribution in [1.82, 2.24) is 0 Å². The molecule has 2 nitrogen and oxygen atoms in total. The molecule has 1 aromatic rings. The second-order valence-electron chi connectivity index (χ2n) is 3.77. The van der Waals surface area contributed by atoms with Gasteiger partial charge < -0.3 is 5.73 Å². The Labute approximate surface area is 94.3 Å². The zero-order valence-electron chi connectivity index (χ0n) is 9.35. The van der Waals surface area contributed by atoms with Crippen molar-refractivity contribution in [3.63, 3.8) is 0 Å². The number of hydrogen-bond acceptors (Lipinski definition) is 2. The second kappa shape index (κ2) is 6.03. The van der Waals surface area contributed by atoms with Gasteiger partial charge in [0.05, 0.1) is 5.25 Å². The first-order chi connectivity index (χ1) is 7.16. The van der Waals surface area contributed by atoms with Crippen LogP contribution in [0.4, 0.5) is 0 Å². The smallest absolute Gasteiger partial charge is 0.0571 e. The van der Waals surface area contributed by atoms with Crippen LogP contribution in [0.1, 0.15) is 31.1 Å². The summed E-state index contributed by atoms with van der Waals surface area (Å²) in [5.41, 5.74) is 6.61. The minimum atomic E-state index is -0.840. The molecule has 0 radical (unpaired) electrons. The van der Waals surface area contributed by atoms with Gasteiger partial charge in [-0.25, -0.2) is 0 Å². The predicted molar refractivity (Wildman–Crippen MR) is 66.1 cm³/mol. The highest BCUT2D eigenvalue weighted by Crippen LogP contribution is 2.22. The maximum Gasteiger partial charge on any atom is 0.0571 e. The molecular weight excluding hydrogens is 206 g/mol. The van der Waals surface area contributed by atoms with Crippen LogP contribution in [0.2, 0.25) is 0 Å². The Morgan fingerprint density at radius 2 is 1.87 bits per heavy atom. The molecule has 0 fully saturated rings. The number of nitrogens with two attached hydrogens (primary N) is 1. The highest BCUT2D eigenvalue weighted by atomic mass is 32.2. The van der Waals surface area contributed by atoms with Gasteiger partial charge in [0.2, 0.25) is 0 Å². The molecule has 0 aliphatic rings. The lowest BCUT2D eigenvalue weighted by molar-refractivity contribution is 0.658. The van der Waals surface area contributed by atoms with Crippen LogP contribution in [-0.4, -0.2) is 16.0 Å². The van der Waals surface area contributed by atoms with E-state index in [0.717, 1.165) is 12.0 Å². The molecule has 1 rings (SSSR count). The Morgan fingerprint density at radius 3 is 2.40 bits per heavy atom. The summed E-state index contributed by atoms with van der Waals surface area (Å²) < 4.78 is 12.1. The topological polar surface area (TPSA) is 43.1 Å². The largest absolute Gasteiger partial charge is 0.330 e. The quantitative estimate of drug-likeness (QED) is 0.835. The second-order valence-corrected chi connectivity index (χ2v) is 5.94. The van der Waals surface area contributed by atoms with Gasteiger partial charge in [0.25, 0.3) is 0 Å². The predicted octanol–water partition coefficient (Wildman–Crippen LogP) is 2.23. The van der Waals surface area contributed by atoms with Gasteiger partial charge in [-0.15, -0.1) is 0 Å². The highest BCUT2D eigenvalue weighted by molar-refractivity contribution is 7.85. The van der Waals surface area contributed by atoms with E-state index in [4.69, 9.17) is 5.73 Å². The average Bonchev–Trinajstić information content (AvgIpc) is 2.28. The molecule has 0 aromatic heterocycles. The Hall–Kier alpha value is -0.670. The van der Waals surface area contributed by atoms with Gasteiger partial charge in [-0.1, -0.05) is 37.3 Å². The van der Waals surface area contributed by atoms with Gasteiger partial charge in [-0.2, -0.15) is 0 Å². The lowest BCUT2D eigenvalue weighted by Crippen LogP contribution is -2.19. The molecule has 0 spiro atoms. The Bertz CT molecular complexity index is 313. The number of hydrogen-bond donors (Lipinski definition) is 1. The first kappa shape index (κ1) is 12.4. The molecule has 2 N–H and O–H groups in total. The van der Waals surface area contributed by atoms with Crippen LogP contribution in [0.15, 0.2) is 30.3 Å². The maximum atomic E-state index is 12.1. The van der Waals surface area contributed by atoms with E-state index in [0.29, 0.717) is 6.54 Å². The van der Waals surface area contributed by atoms with Gasteiger partial charge in [0, 0.05) is 16.0 Å². The molecule has 0 aliphatic carbocycles. The molecular formula is C12H19NOS. The first-order valence-corrected chi connectivity index (χ1v) is 6.58. The van der Waals surface area contributed by atoms with Crippen molar-refractivity contribution in [2.75, 3.05) is 6.54 Å². The number of rotatable bonds is 5. The van der Waals surface area contributed by atoms with Gasteiger partial charge >= 0.3 is 0 Å². The van der Waals surface area contributed by atoms with Crippen molar-refractivity contribution in [2.45, 2.75) is 30.8 Å². The van der Waals surface area contributed by atoms with Crippen LogP contribution in [-0.2, 0) is 10.8 Å². The molecule has 3 unspecified atom stereocenters. The lowest BCUT2D eigenvalue weighted by Gasteiger charge is -2.17. The lowest BCUT2D eigenvalue weighted by atomic mass is 10.2. The minimum Gasteiger partial charge on any atom is -0.330 e. The summed E-state index contributed by atoms with van der Waals surface area (Å²) in [6.07, 6.45) is 0.823. The molecule has 1 aromatic carbocycles. The Balaban J connectivity index is 2.69. The van der Waals surface area contributed by atoms with E-state index in [1.807, 2.05) is 44.2 Å². The zero-order chi connectivity index (χ0) is 11.3. The van der Waals surface area contributed by atoms with Gasteiger partial charge in [0.1, 0.15) is 0 Å². The summed E-state index contributed by atoms with van der Waals surface area (Å²) in [5, 5.41) is 0.262. The van der Waals surface area contributed by atoms with Crippen molar-refractivity contribution >= 4 is 10.8 Å². The van der Waals surface area contributed by atoms with Crippen molar-refractivity contribution in [1.29, 1.82) is 0 Å². The third-order valence-corrected chi connectivity index (χ3v) is 4.59. The summed E-state index contributed by atoms with van der Waals surface area (Å²) in [4.78, 5) is 0. The van der Waals surface area contributed by atoms with E-state index >= 15 is 0 Å². The normalized spacial score (nSPS) is 17.0. The van der Waals surface area contributed by atoms with Crippen LogP contribution >= 0.6 is 0 Å². The zero-order valence-corrected chi connectivity index (χ0v) is 10.2. The van der Waals surface area contributed by atoms with Crippen LogP contribution in [0.3, 0.4) is 0 Å². The van der Waals surface area contributed by atoms with E-state index < -0.39 is 10.8 Å². The van der Waals surface area contributed by atoms with Crippen molar-refractivity contribution in [2.24, 2.45) is 5.73 Å². The number of benzene rings is 1. The molecule has 84 valence electrons. The van der Waals surface area contributed by atoms with Crippen LogP contribution in [0.5, 0.6) is 0 Å². The molecule has 3 heteroatoms. The summed E-state index contributed by atoms with van der Waals surface area (Å²) >= 11 is 0. The summed E-state index contributed by atoms with van der Waals surface area (Å²) in [5.74, 6) is 0. The van der Waals surface area contributed by atoms with E-state index in [-0.39, 0.29) is 10.5 Å². The third-order valence-electron chi connectivity index (χ3n) is 2.59. The highest BCUT2D eigenvalue weighted by Gasteiger charge is 2.18. The molecule has 15 heavy (non-hydrogen) atoms. The molecule has 0 saturated heterocycles. The monoisotopic (exact) mass is 225 g/mol. The SMILES string of the molecule is CC(CCN)S(=O)C(C)c1ccccc1. The van der Waals surface area contributed by atoms with E-state index in [1.165, 1.54) is 0 Å². The van der Waals surface area contributed by atoms with Crippen LogP contribution < -0.4 is 5.73 Å². The first-order valence-electron chi connectivity index (χ1n) is 5.31. The van der Waals surface area contributed by atoms with E-state index in [2.05, 4.69) is 0 Å². The molecule has 0 bridgehead atoms. The third kappa shape index (κ3) is 3.43. The van der Waals surface area contributed by atoms with E-state index in [9.17, 15) is 4.21 Å². The molecule has 0 aliphatic heterocycles. The average molecular weight is 225 g/mol. The standard InChI is InChI=1S/C12H19NOS/c1-10(8-9-13)15(14)11(2)12-6-4-3-5-7-12/h3-7,10-11H,8-9,13H2,1-2H3. The molecule has 3 atom stereocenters.